The lowest BCUT2D eigenvalue weighted by atomic mass is 9.78. The minimum absolute atomic E-state index is 0.572. The van der Waals surface area contributed by atoms with Crippen LogP contribution in [-0.2, 0) is 6.54 Å². The van der Waals surface area contributed by atoms with E-state index in [-0.39, 0.29) is 0 Å². The number of rotatable bonds is 3. The van der Waals surface area contributed by atoms with Gasteiger partial charge in [-0.05, 0) is 49.2 Å². The fourth-order valence-electron chi connectivity index (χ4n) is 3.95. The molecule has 1 aliphatic carbocycles. The molecule has 1 heterocycles. The molecule has 0 bridgehead atoms. The fraction of sp³-hybridized carbons (Fsp3) is 0.625. The molecule has 2 fully saturated rings. The van der Waals surface area contributed by atoms with E-state index < -0.39 is 7.12 Å². The zero-order chi connectivity index (χ0) is 13.9. The minimum Gasteiger partial charge on any atom is -0.423 e. The van der Waals surface area contributed by atoms with Gasteiger partial charge in [-0.2, -0.15) is 0 Å². The first-order valence-corrected chi connectivity index (χ1v) is 7.93. The van der Waals surface area contributed by atoms with Crippen LogP contribution in [0.4, 0.5) is 0 Å². The Kier molecular flexibility index (Phi) is 4.44. The van der Waals surface area contributed by atoms with Crippen LogP contribution in [0.2, 0.25) is 0 Å². The highest BCUT2D eigenvalue weighted by Crippen LogP contribution is 2.35. The van der Waals surface area contributed by atoms with Crippen molar-refractivity contribution in [2.75, 3.05) is 6.54 Å². The molecule has 0 aromatic heterocycles. The van der Waals surface area contributed by atoms with Crippen LogP contribution in [-0.4, -0.2) is 34.7 Å². The largest absolute Gasteiger partial charge is 0.488 e. The summed E-state index contributed by atoms with van der Waals surface area (Å²) in [7, 11) is -1.36. The van der Waals surface area contributed by atoms with Crippen molar-refractivity contribution in [2.45, 2.75) is 51.1 Å². The van der Waals surface area contributed by atoms with Crippen LogP contribution in [0.15, 0.2) is 24.3 Å². The maximum absolute atomic E-state index is 9.14. The lowest BCUT2D eigenvalue weighted by Crippen LogP contribution is -2.46. The van der Waals surface area contributed by atoms with Gasteiger partial charge in [0.15, 0.2) is 0 Å². The summed E-state index contributed by atoms with van der Waals surface area (Å²) >= 11 is 0. The van der Waals surface area contributed by atoms with Gasteiger partial charge in [-0.25, -0.2) is 0 Å². The van der Waals surface area contributed by atoms with Crippen molar-refractivity contribution < 1.29 is 10.0 Å². The van der Waals surface area contributed by atoms with E-state index in [1.54, 1.807) is 0 Å². The molecule has 3 nitrogen and oxygen atoms in total. The van der Waals surface area contributed by atoms with E-state index >= 15 is 0 Å². The van der Waals surface area contributed by atoms with Gasteiger partial charge in [-0.3, -0.25) is 4.90 Å². The van der Waals surface area contributed by atoms with Gasteiger partial charge >= 0.3 is 7.12 Å². The van der Waals surface area contributed by atoms with Gasteiger partial charge in [-0.15, -0.1) is 0 Å². The van der Waals surface area contributed by atoms with Crippen molar-refractivity contribution in [1.29, 1.82) is 0 Å². The van der Waals surface area contributed by atoms with E-state index in [1.807, 2.05) is 24.3 Å². The lowest BCUT2D eigenvalue weighted by molar-refractivity contribution is 0.0547. The van der Waals surface area contributed by atoms with Gasteiger partial charge in [0, 0.05) is 12.6 Å². The molecular formula is C16H24BNO2. The van der Waals surface area contributed by atoms with Gasteiger partial charge in [0.1, 0.15) is 0 Å². The molecular weight excluding hydrogens is 249 g/mol. The smallest absolute Gasteiger partial charge is 0.423 e. The number of piperidine rings is 1. The number of hydrogen-bond acceptors (Lipinski definition) is 3. The van der Waals surface area contributed by atoms with Gasteiger partial charge in [0.25, 0.3) is 0 Å². The standard InChI is InChI=1S/C16H24BNO2/c19-17(20)15-9-7-13(8-10-15)12-18-11-3-5-14-4-1-2-6-16(14)18/h7-10,14,16,19-20H,1-6,11-12H2. The van der Waals surface area contributed by atoms with Crippen molar-refractivity contribution in [3.8, 4) is 0 Å². The van der Waals surface area contributed by atoms with E-state index in [2.05, 4.69) is 4.90 Å². The Morgan fingerprint density at radius 1 is 1.00 bits per heavy atom. The quantitative estimate of drug-likeness (QED) is 0.821. The number of fused-ring (bicyclic) bond motifs is 1. The van der Waals surface area contributed by atoms with Gasteiger partial charge in [0.05, 0.1) is 0 Å². The average molecular weight is 273 g/mol. The Morgan fingerprint density at radius 3 is 2.45 bits per heavy atom. The second-order valence-corrected chi connectivity index (χ2v) is 6.34. The first-order valence-electron chi connectivity index (χ1n) is 7.93. The number of nitrogens with zero attached hydrogens (tertiary/aromatic N) is 1. The predicted molar refractivity (Wildman–Crippen MR) is 81.7 cm³/mol. The summed E-state index contributed by atoms with van der Waals surface area (Å²) in [5.41, 5.74) is 1.85. The number of hydrogen-bond donors (Lipinski definition) is 2. The molecule has 2 unspecified atom stereocenters. The summed E-state index contributed by atoms with van der Waals surface area (Å²) in [5.74, 6) is 0.913. The van der Waals surface area contributed by atoms with Crippen molar-refractivity contribution in [2.24, 2.45) is 5.92 Å². The monoisotopic (exact) mass is 273 g/mol. The van der Waals surface area contributed by atoms with Crippen LogP contribution in [0.3, 0.4) is 0 Å². The summed E-state index contributed by atoms with van der Waals surface area (Å²) in [5, 5.41) is 18.3. The van der Waals surface area contributed by atoms with E-state index in [0.717, 1.165) is 18.5 Å². The zero-order valence-electron chi connectivity index (χ0n) is 12.0. The molecule has 3 rings (SSSR count). The molecule has 2 N–H and O–H groups in total. The van der Waals surface area contributed by atoms with Crippen LogP contribution < -0.4 is 5.46 Å². The molecule has 0 spiro atoms. The minimum atomic E-state index is -1.36. The zero-order valence-corrected chi connectivity index (χ0v) is 12.0. The SMILES string of the molecule is OB(O)c1ccc(CN2CCCC3CCCCC32)cc1. The van der Waals surface area contributed by atoms with E-state index in [0.29, 0.717) is 5.46 Å². The van der Waals surface area contributed by atoms with E-state index in [9.17, 15) is 0 Å². The summed E-state index contributed by atoms with van der Waals surface area (Å²) in [6.45, 7) is 2.22. The average Bonchev–Trinajstić information content (AvgIpc) is 2.48. The second kappa shape index (κ2) is 6.29. The third kappa shape index (κ3) is 3.08. The van der Waals surface area contributed by atoms with Crippen LogP contribution >= 0.6 is 0 Å². The van der Waals surface area contributed by atoms with E-state index in [1.165, 1.54) is 50.6 Å². The highest BCUT2D eigenvalue weighted by Gasteiger charge is 2.32. The Balaban J connectivity index is 1.66. The fourth-order valence-corrected chi connectivity index (χ4v) is 3.95. The molecule has 1 aromatic rings. The first kappa shape index (κ1) is 14.1. The van der Waals surface area contributed by atoms with Gasteiger partial charge in [-0.1, -0.05) is 37.1 Å². The van der Waals surface area contributed by atoms with Crippen LogP contribution in [0, 0.1) is 5.92 Å². The highest BCUT2D eigenvalue weighted by molar-refractivity contribution is 6.58. The molecule has 108 valence electrons. The molecule has 0 radical (unpaired) electrons. The van der Waals surface area contributed by atoms with Crippen LogP contribution in [0.25, 0.3) is 0 Å². The first-order chi connectivity index (χ1) is 9.74. The van der Waals surface area contributed by atoms with Crippen molar-refractivity contribution in [3.05, 3.63) is 29.8 Å². The maximum Gasteiger partial charge on any atom is 0.488 e. The van der Waals surface area contributed by atoms with Crippen LogP contribution in [0.1, 0.15) is 44.1 Å². The molecule has 0 amide bonds. The van der Waals surface area contributed by atoms with Crippen molar-refractivity contribution >= 4 is 12.6 Å². The molecule has 2 atom stereocenters. The Hall–Kier alpha value is -0.835. The molecule has 1 saturated carbocycles. The molecule has 1 aliphatic heterocycles. The highest BCUT2D eigenvalue weighted by atomic mass is 16.4. The Morgan fingerprint density at radius 2 is 1.70 bits per heavy atom. The third-order valence-corrected chi connectivity index (χ3v) is 5.02. The molecule has 1 saturated heterocycles. The second-order valence-electron chi connectivity index (χ2n) is 6.34. The number of benzene rings is 1. The predicted octanol–water partition coefficient (Wildman–Crippen LogP) is 1.52. The van der Waals surface area contributed by atoms with Crippen molar-refractivity contribution in [3.63, 3.8) is 0 Å². The van der Waals surface area contributed by atoms with Crippen LogP contribution in [0.5, 0.6) is 0 Å². The molecule has 2 aliphatic rings. The molecule has 20 heavy (non-hydrogen) atoms. The van der Waals surface area contributed by atoms with Crippen molar-refractivity contribution in [1.82, 2.24) is 4.90 Å². The molecule has 1 aromatic carbocycles. The number of likely N-dealkylation sites (tertiary alicyclic amines) is 1. The van der Waals surface area contributed by atoms with Gasteiger partial charge in [0.2, 0.25) is 0 Å². The maximum atomic E-state index is 9.14. The normalized spacial score (nSPS) is 27.1. The topological polar surface area (TPSA) is 43.7 Å². The Bertz CT molecular complexity index is 433. The van der Waals surface area contributed by atoms with Gasteiger partial charge < -0.3 is 10.0 Å². The summed E-state index contributed by atoms with van der Waals surface area (Å²) in [6, 6.07) is 8.48. The summed E-state index contributed by atoms with van der Waals surface area (Å²) < 4.78 is 0. The summed E-state index contributed by atoms with van der Waals surface area (Å²) in [4.78, 5) is 2.65. The summed E-state index contributed by atoms with van der Waals surface area (Å²) in [6.07, 6.45) is 8.31. The Labute approximate surface area is 121 Å². The molecule has 4 heteroatoms. The van der Waals surface area contributed by atoms with E-state index in [4.69, 9.17) is 10.0 Å². The third-order valence-electron chi connectivity index (χ3n) is 5.02. The lowest BCUT2D eigenvalue weighted by Gasteiger charge is -2.44.